The van der Waals surface area contributed by atoms with Crippen LogP contribution in [0.1, 0.15) is 5.56 Å². The molecule has 0 heterocycles. The summed E-state index contributed by atoms with van der Waals surface area (Å²) >= 11 is 0. The number of hydrogen-bond acceptors (Lipinski definition) is 3. The molecule has 1 aromatic rings. The van der Waals surface area contributed by atoms with Gasteiger partial charge in [-0.1, -0.05) is 12.1 Å². The molecule has 0 atom stereocenters. The molecule has 0 aliphatic heterocycles. The average molecular weight is 231 g/mol. The van der Waals surface area contributed by atoms with E-state index in [1.54, 1.807) is 12.1 Å². The topological polar surface area (TPSA) is 46.2 Å². The molecule has 1 aromatic carbocycles. The van der Waals surface area contributed by atoms with E-state index >= 15 is 0 Å². The van der Waals surface area contributed by atoms with E-state index in [1.807, 2.05) is 7.05 Å². The van der Waals surface area contributed by atoms with Crippen molar-refractivity contribution in [3.05, 3.63) is 29.8 Å². The van der Waals surface area contributed by atoms with E-state index in [9.17, 15) is 12.8 Å². The number of halogens is 1. The van der Waals surface area contributed by atoms with Crippen molar-refractivity contribution in [1.29, 1.82) is 0 Å². The van der Waals surface area contributed by atoms with Crippen LogP contribution in [0, 0.1) is 0 Å². The van der Waals surface area contributed by atoms with Crippen LogP contribution < -0.4 is 5.32 Å². The minimum absolute atomic E-state index is 0.0400. The molecule has 0 radical (unpaired) electrons. The van der Waals surface area contributed by atoms with E-state index in [1.165, 1.54) is 12.1 Å². The van der Waals surface area contributed by atoms with Crippen LogP contribution in [0.5, 0.6) is 0 Å². The van der Waals surface area contributed by atoms with E-state index in [-0.39, 0.29) is 4.90 Å². The van der Waals surface area contributed by atoms with Gasteiger partial charge in [0.1, 0.15) is 0 Å². The van der Waals surface area contributed by atoms with Gasteiger partial charge in [0.25, 0.3) is 0 Å². The van der Waals surface area contributed by atoms with Gasteiger partial charge >= 0.3 is 0 Å². The summed E-state index contributed by atoms with van der Waals surface area (Å²) in [6.07, 6.45) is 0.826. The Labute approximate surface area is 89.2 Å². The summed E-state index contributed by atoms with van der Waals surface area (Å²) in [5.74, 6) is 0. The molecule has 0 bridgehead atoms. The Balaban J connectivity index is 2.81. The molecule has 0 saturated carbocycles. The summed E-state index contributed by atoms with van der Waals surface area (Å²) in [7, 11) is -1.87. The fraction of sp³-hybridized carbons (Fsp3) is 0.400. The Hall–Kier alpha value is -0.940. The van der Waals surface area contributed by atoms with Gasteiger partial charge in [-0.2, -0.15) is 0 Å². The normalized spacial score (nSPS) is 11.6. The largest absolute Gasteiger partial charge is 0.319 e. The minimum Gasteiger partial charge on any atom is -0.319 e. The number of sulfone groups is 1. The Morgan fingerprint density at radius 2 is 1.87 bits per heavy atom. The monoisotopic (exact) mass is 231 g/mol. The second kappa shape index (κ2) is 5.23. The van der Waals surface area contributed by atoms with Gasteiger partial charge < -0.3 is 5.32 Å². The minimum atomic E-state index is -3.72. The highest BCUT2D eigenvalue weighted by molar-refractivity contribution is 7.91. The number of hydrogen-bond donors (Lipinski definition) is 1. The van der Waals surface area contributed by atoms with Crippen LogP contribution >= 0.6 is 0 Å². The first kappa shape index (κ1) is 12.1. The zero-order valence-corrected chi connectivity index (χ0v) is 9.35. The fourth-order valence-corrected chi connectivity index (χ4v) is 1.87. The summed E-state index contributed by atoms with van der Waals surface area (Å²) in [6.45, 7) is 0.829. The first-order valence-electron chi connectivity index (χ1n) is 4.62. The highest BCUT2D eigenvalue weighted by Gasteiger charge is 2.12. The SMILES string of the molecule is CNCCc1ccc(S(=O)(=O)CF)cc1. The molecule has 3 nitrogen and oxygen atoms in total. The van der Waals surface area contributed by atoms with Crippen LogP contribution in [-0.2, 0) is 16.3 Å². The molecule has 84 valence electrons. The highest BCUT2D eigenvalue weighted by atomic mass is 32.2. The van der Waals surface area contributed by atoms with Crippen molar-refractivity contribution in [2.24, 2.45) is 0 Å². The van der Waals surface area contributed by atoms with Crippen LogP contribution in [0.15, 0.2) is 29.2 Å². The lowest BCUT2D eigenvalue weighted by Crippen LogP contribution is -2.10. The van der Waals surface area contributed by atoms with E-state index in [0.29, 0.717) is 0 Å². The predicted molar refractivity (Wildman–Crippen MR) is 57.2 cm³/mol. The Morgan fingerprint density at radius 1 is 1.27 bits per heavy atom. The first-order chi connectivity index (χ1) is 7.10. The maximum atomic E-state index is 12.2. The average Bonchev–Trinajstić information content (AvgIpc) is 2.27. The molecule has 1 rings (SSSR count). The third-order valence-electron chi connectivity index (χ3n) is 2.09. The maximum Gasteiger partial charge on any atom is 0.207 e. The summed E-state index contributed by atoms with van der Waals surface area (Å²) in [4.78, 5) is 0.0400. The van der Waals surface area contributed by atoms with E-state index < -0.39 is 15.8 Å². The lowest BCUT2D eigenvalue weighted by atomic mass is 10.1. The van der Waals surface area contributed by atoms with Gasteiger partial charge in [-0.25, -0.2) is 12.8 Å². The lowest BCUT2D eigenvalue weighted by molar-refractivity contribution is 0.534. The molecule has 0 saturated heterocycles. The summed E-state index contributed by atoms with van der Waals surface area (Å²) in [5.41, 5.74) is 1.03. The molecular formula is C10H14FNO2S. The zero-order valence-electron chi connectivity index (χ0n) is 8.53. The first-order valence-corrected chi connectivity index (χ1v) is 6.27. The van der Waals surface area contributed by atoms with E-state index in [0.717, 1.165) is 18.5 Å². The second-order valence-corrected chi connectivity index (χ2v) is 5.14. The Morgan fingerprint density at radius 3 is 2.33 bits per heavy atom. The standard InChI is InChI=1S/C10H14FNO2S/c1-12-7-6-9-2-4-10(5-3-9)15(13,14)8-11/h2-5,12H,6-8H2,1H3. The van der Waals surface area contributed by atoms with Crippen molar-refractivity contribution in [1.82, 2.24) is 5.32 Å². The quantitative estimate of drug-likeness (QED) is 0.827. The van der Waals surface area contributed by atoms with Crippen molar-refractivity contribution in [2.75, 3.05) is 19.6 Å². The number of rotatable bonds is 5. The van der Waals surface area contributed by atoms with Gasteiger partial charge in [0.15, 0.2) is 6.01 Å². The Bertz CT molecular complexity index is 400. The van der Waals surface area contributed by atoms with Crippen LogP contribution in [-0.4, -0.2) is 28.0 Å². The highest BCUT2D eigenvalue weighted by Crippen LogP contribution is 2.12. The molecule has 0 aliphatic rings. The lowest BCUT2D eigenvalue weighted by Gasteiger charge is -2.03. The summed E-state index contributed by atoms with van der Waals surface area (Å²) in [6, 6.07) is 4.96. The van der Waals surface area contributed by atoms with Gasteiger partial charge in [-0.3, -0.25) is 0 Å². The molecule has 0 amide bonds. The van der Waals surface area contributed by atoms with Gasteiger partial charge in [-0.05, 0) is 37.7 Å². The van der Waals surface area contributed by atoms with Crippen LogP contribution in [0.3, 0.4) is 0 Å². The maximum absolute atomic E-state index is 12.2. The molecule has 0 spiro atoms. The molecule has 15 heavy (non-hydrogen) atoms. The fourth-order valence-electron chi connectivity index (χ4n) is 1.20. The van der Waals surface area contributed by atoms with Crippen LogP contribution in [0.25, 0.3) is 0 Å². The number of likely N-dealkylation sites (N-methyl/N-ethyl adjacent to an activating group) is 1. The van der Waals surface area contributed by atoms with Crippen molar-refractivity contribution >= 4 is 9.84 Å². The van der Waals surface area contributed by atoms with Crippen molar-refractivity contribution < 1.29 is 12.8 Å². The third-order valence-corrected chi connectivity index (χ3v) is 3.37. The molecular weight excluding hydrogens is 217 g/mol. The van der Waals surface area contributed by atoms with Crippen LogP contribution in [0.4, 0.5) is 4.39 Å². The smallest absolute Gasteiger partial charge is 0.207 e. The third kappa shape index (κ3) is 3.28. The number of benzene rings is 1. The van der Waals surface area contributed by atoms with E-state index in [2.05, 4.69) is 5.32 Å². The van der Waals surface area contributed by atoms with Gasteiger partial charge in [0, 0.05) is 0 Å². The van der Waals surface area contributed by atoms with Gasteiger partial charge in [-0.15, -0.1) is 0 Å². The van der Waals surface area contributed by atoms with Crippen molar-refractivity contribution in [3.8, 4) is 0 Å². The Kier molecular flexibility index (Phi) is 4.23. The summed E-state index contributed by atoms with van der Waals surface area (Å²) in [5, 5.41) is 2.99. The predicted octanol–water partition coefficient (Wildman–Crippen LogP) is 1.15. The number of alkyl halides is 1. The number of nitrogens with one attached hydrogen (secondary N) is 1. The molecule has 0 aromatic heterocycles. The molecule has 0 fully saturated rings. The second-order valence-electron chi connectivity index (χ2n) is 3.22. The molecule has 0 aliphatic carbocycles. The van der Waals surface area contributed by atoms with Gasteiger partial charge in [0.2, 0.25) is 9.84 Å². The van der Waals surface area contributed by atoms with Gasteiger partial charge in [0.05, 0.1) is 4.90 Å². The zero-order chi connectivity index (χ0) is 11.3. The molecule has 5 heteroatoms. The van der Waals surface area contributed by atoms with Crippen molar-refractivity contribution in [2.45, 2.75) is 11.3 Å². The molecule has 1 N–H and O–H groups in total. The molecule has 0 unspecified atom stereocenters. The van der Waals surface area contributed by atoms with E-state index in [4.69, 9.17) is 0 Å². The van der Waals surface area contributed by atoms with Crippen molar-refractivity contribution in [3.63, 3.8) is 0 Å². The summed E-state index contributed by atoms with van der Waals surface area (Å²) < 4.78 is 34.4. The van der Waals surface area contributed by atoms with Crippen LogP contribution in [0.2, 0.25) is 0 Å².